The third-order valence-electron chi connectivity index (χ3n) is 2.32. The van der Waals surface area contributed by atoms with Crippen LogP contribution < -0.4 is 9.47 Å². The summed E-state index contributed by atoms with van der Waals surface area (Å²) in [6.07, 6.45) is 0.458. The van der Waals surface area contributed by atoms with Crippen LogP contribution >= 0.6 is 0 Å². The highest BCUT2D eigenvalue weighted by molar-refractivity contribution is 5.58. The monoisotopic (exact) mass is 196 g/mol. The highest BCUT2D eigenvalue weighted by atomic mass is 16.7. The molecule has 1 aliphatic heterocycles. The Labute approximate surface area is 81.7 Å². The van der Waals surface area contributed by atoms with Gasteiger partial charge in [-0.25, -0.2) is 0 Å². The Morgan fingerprint density at radius 3 is 2.79 bits per heavy atom. The lowest BCUT2D eigenvalue weighted by Crippen LogP contribution is -1.96. The van der Waals surface area contributed by atoms with E-state index in [2.05, 4.69) is 0 Å². The number of phenolic OH excluding ortho intramolecular Hbond substituents is 1. The summed E-state index contributed by atoms with van der Waals surface area (Å²) in [6.45, 7) is 1.97. The van der Waals surface area contributed by atoms with E-state index >= 15 is 0 Å². The molecule has 1 aromatic carbocycles. The van der Waals surface area contributed by atoms with Gasteiger partial charge < -0.3 is 19.7 Å². The Hall–Kier alpha value is -1.42. The molecule has 0 amide bonds. The molecule has 14 heavy (non-hydrogen) atoms. The van der Waals surface area contributed by atoms with Gasteiger partial charge in [0.1, 0.15) is 5.75 Å². The fourth-order valence-electron chi connectivity index (χ4n) is 1.56. The minimum atomic E-state index is 0.0261. The Morgan fingerprint density at radius 1 is 1.36 bits per heavy atom. The first-order chi connectivity index (χ1) is 6.74. The first kappa shape index (κ1) is 9.15. The van der Waals surface area contributed by atoms with Crippen molar-refractivity contribution < 1.29 is 19.7 Å². The molecule has 2 N–H and O–H groups in total. The molecule has 0 bridgehead atoms. The lowest BCUT2D eigenvalue weighted by atomic mass is 10.1. The predicted molar refractivity (Wildman–Crippen MR) is 49.8 cm³/mol. The zero-order valence-corrected chi connectivity index (χ0v) is 7.91. The molecule has 4 heteroatoms. The third kappa shape index (κ3) is 1.28. The fraction of sp³-hybridized carbons (Fsp3) is 0.400. The second-order valence-corrected chi connectivity index (χ2v) is 3.22. The Balaban J connectivity index is 2.52. The Morgan fingerprint density at radius 2 is 2.07 bits per heavy atom. The summed E-state index contributed by atoms with van der Waals surface area (Å²) >= 11 is 0. The van der Waals surface area contributed by atoms with Crippen molar-refractivity contribution in [2.75, 3.05) is 13.4 Å². The average Bonchev–Trinajstić information content (AvgIpc) is 2.63. The molecule has 1 heterocycles. The lowest BCUT2D eigenvalue weighted by molar-refractivity contribution is 0.172. The maximum Gasteiger partial charge on any atom is 0.231 e. The van der Waals surface area contributed by atoms with Crippen molar-refractivity contribution >= 4 is 0 Å². The lowest BCUT2D eigenvalue weighted by Gasteiger charge is -2.08. The predicted octanol–water partition coefficient (Wildman–Crippen LogP) is 0.964. The zero-order valence-electron chi connectivity index (χ0n) is 7.91. The van der Waals surface area contributed by atoms with Crippen LogP contribution in [0.2, 0.25) is 0 Å². The van der Waals surface area contributed by atoms with Crippen LogP contribution in [0.4, 0.5) is 0 Å². The normalized spacial score (nSPS) is 13.3. The van der Waals surface area contributed by atoms with E-state index in [0.717, 1.165) is 5.56 Å². The van der Waals surface area contributed by atoms with Gasteiger partial charge in [0.05, 0.1) is 0 Å². The molecule has 1 aliphatic rings. The summed E-state index contributed by atoms with van der Waals surface area (Å²) in [6, 6.07) is 1.61. The van der Waals surface area contributed by atoms with Crippen LogP contribution in [0.3, 0.4) is 0 Å². The van der Waals surface area contributed by atoms with Crippen LogP contribution in [0, 0.1) is 6.92 Å². The molecule has 0 atom stereocenters. The van der Waals surface area contributed by atoms with Crippen LogP contribution in [0.15, 0.2) is 6.07 Å². The number of aliphatic hydroxyl groups is 1. The van der Waals surface area contributed by atoms with Crippen molar-refractivity contribution in [2.45, 2.75) is 13.3 Å². The Kier molecular flexibility index (Phi) is 2.21. The molecule has 0 fully saturated rings. The van der Waals surface area contributed by atoms with E-state index in [-0.39, 0.29) is 19.1 Å². The van der Waals surface area contributed by atoms with Gasteiger partial charge in [-0.05, 0) is 19.4 Å². The second kappa shape index (κ2) is 3.38. The number of fused-ring (bicyclic) bond motifs is 1. The average molecular weight is 196 g/mol. The molecule has 0 saturated carbocycles. The summed E-state index contributed by atoms with van der Waals surface area (Å²) in [4.78, 5) is 0. The van der Waals surface area contributed by atoms with Crippen molar-refractivity contribution in [1.82, 2.24) is 0 Å². The SMILES string of the molecule is Cc1c(O)cc(CCO)c2c1OCO2. The third-order valence-corrected chi connectivity index (χ3v) is 2.32. The number of benzene rings is 1. The van der Waals surface area contributed by atoms with Gasteiger partial charge in [0.15, 0.2) is 11.5 Å². The molecular weight excluding hydrogens is 184 g/mol. The van der Waals surface area contributed by atoms with Crippen LogP contribution in [-0.2, 0) is 6.42 Å². The maximum atomic E-state index is 9.57. The van der Waals surface area contributed by atoms with Gasteiger partial charge >= 0.3 is 0 Å². The first-order valence-corrected chi connectivity index (χ1v) is 4.46. The van der Waals surface area contributed by atoms with E-state index in [0.29, 0.717) is 23.5 Å². The van der Waals surface area contributed by atoms with E-state index < -0.39 is 0 Å². The summed E-state index contributed by atoms with van der Waals surface area (Å²) in [5.74, 6) is 1.42. The number of ether oxygens (including phenoxy) is 2. The van der Waals surface area contributed by atoms with Crippen molar-refractivity contribution in [2.24, 2.45) is 0 Å². The second-order valence-electron chi connectivity index (χ2n) is 3.22. The van der Waals surface area contributed by atoms with Gasteiger partial charge in [0.25, 0.3) is 0 Å². The molecular formula is C10H12O4. The molecule has 0 unspecified atom stereocenters. The molecule has 2 rings (SSSR count). The minimum Gasteiger partial charge on any atom is -0.508 e. The molecule has 0 aliphatic carbocycles. The van der Waals surface area contributed by atoms with Gasteiger partial charge in [-0.15, -0.1) is 0 Å². The van der Waals surface area contributed by atoms with E-state index in [4.69, 9.17) is 14.6 Å². The van der Waals surface area contributed by atoms with E-state index in [1.165, 1.54) is 0 Å². The topological polar surface area (TPSA) is 58.9 Å². The minimum absolute atomic E-state index is 0.0261. The zero-order chi connectivity index (χ0) is 10.1. The van der Waals surface area contributed by atoms with Gasteiger partial charge in [0.2, 0.25) is 6.79 Å². The van der Waals surface area contributed by atoms with Crippen molar-refractivity contribution in [3.05, 3.63) is 17.2 Å². The largest absolute Gasteiger partial charge is 0.508 e. The molecule has 1 aromatic rings. The quantitative estimate of drug-likeness (QED) is 0.739. The van der Waals surface area contributed by atoms with Gasteiger partial charge in [0, 0.05) is 17.7 Å². The summed E-state index contributed by atoms with van der Waals surface area (Å²) in [7, 11) is 0. The van der Waals surface area contributed by atoms with Crippen LogP contribution in [0.1, 0.15) is 11.1 Å². The Bertz CT molecular complexity index is 360. The van der Waals surface area contributed by atoms with Gasteiger partial charge in [-0.2, -0.15) is 0 Å². The van der Waals surface area contributed by atoms with Crippen molar-refractivity contribution in [1.29, 1.82) is 0 Å². The van der Waals surface area contributed by atoms with E-state index in [1.807, 2.05) is 0 Å². The first-order valence-electron chi connectivity index (χ1n) is 4.46. The van der Waals surface area contributed by atoms with Crippen molar-refractivity contribution in [3.8, 4) is 17.2 Å². The molecule has 0 radical (unpaired) electrons. The number of phenols is 1. The number of hydrogen-bond acceptors (Lipinski definition) is 4. The molecule has 0 saturated heterocycles. The van der Waals surface area contributed by atoms with Crippen LogP contribution in [0.5, 0.6) is 17.2 Å². The summed E-state index contributed by atoms with van der Waals surface area (Å²) < 4.78 is 10.5. The van der Waals surface area contributed by atoms with Gasteiger partial charge in [-0.3, -0.25) is 0 Å². The molecule has 76 valence electrons. The number of aromatic hydroxyl groups is 1. The molecule has 0 spiro atoms. The standard InChI is InChI=1S/C10H12O4/c1-6-8(12)4-7(2-3-11)10-9(6)13-5-14-10/h4,11-12H,2-3,5H2,1H3. The molecule has 0 aromatic heterocycles. The van der Waals surface area contributed by atoms with Crippen LogP contribution in [-0.4, -0.2) is 23.6 Å². The molecule has 4 nitrogen and oxygen atoms in total. The van der Waals surface area contributed by atoms with E-state index in [1.54, 1.807) is 13.0 Å². The summed E-state index contributed by atoms with van der Waals surface area (Å²) in [5.41, 5.74) is 1.46. The fourth-order valence-corrected chi connectivity index (χ4v) is 1.56. The smallest absolute Gasteiger partial charge is 0.231 e. The number of hydrogen-bond donors (Lipinski definition) is 2. The maximum absolute atomic E-state index is 9.57. The van der Waals surface area contributed by atoms with Gasteiger partial charge in [-0.1, -0.05) is 0 Å². The van der Waals surface area contributed by atoms with Crippen molar-refractivity contribution in [3.63, 3.8) is 0 Å². The number of aliphatic hydroxyl groups excluding tert-OH is 1. The highest BCUT2D eigenvalue weighted by Gasteiger charge is 2.22. The van der Waals surface area contributed by atoms with Crippen LogP contribution in [0.25, 0.3) is 0 Å². The number of rotatable bonds is 2. The summed E-state index contributed by atoms with van der Waals surface area (Å²) in [5, 5.41) is 18.4. The highest BCUT2D eigenvalue weighted by Crippen LogP contribution is 2.42. The van der Waals surface area contributed by atoms with E-state index in [9.17, 15) is 5.11 Å².